The number of aromatic nitrogens is 4. The summed E-state index contributed by atoms with van der Waals surface area (Å²) in [6.45, 7) is 0.991. The molecule has 0 aliphatic carbocycles. The number of nitrogens with one attached hydrogen (secondary N) is 1. The average Bonchev–Trinajstić information content (AvgIpc) is 3.19. The predicted octanol–water partition coefficient (Wildman–Crippen LogP) is 1.06. The molecule has 0 unspecified atom stereocenters. The van der Waals surface area contributed by atoms with E-state index < -0.39 is 0 Å². The third-order valence-electron chi connectivity index (χ3n) is 5.68. The third-order valence-corrected chi connectivity index (χ3v) is 5.68. The second-order valence-electron chi connectivity index (χ2n) is 7.70. The summed E-state index contributed by atoms with van der Waals surface area (Å²) in [6, 6.07) is 10.1. The number of hydrogen-bond acceptors (Lipinski definition) is 6. The first-order chi connectivity index (χ1) is 14.9. The molecule has 0 bridgehead atoms. The Morgan fingerprint density at radius 3 is 2.45 bits per heavy atom. The zero-order valence-electron chi connectivity index (χ0n) is 18.4. The van der Waals surface area contributed by atoms with E-state index in [1.165, 1.54) is 37.9 Å². The largest absolute Gasteiger partial charge is 0.469 e. The highest BCUT2D eigenvalue weighted by Crippen LogP contribution is 2.26. The minimum atomic E-state index is -0.360. The van der Waals surface area contributed by atoms with Gasteiger partial charge in [0, 0.05) is 27.2 Å². The summed E-state index contributed by atoms with van der Waals surface area (Å²) < 4.78 is 8.98. The van der Waals surface area contributed by atoms with E-state index in [2.05, 4.69) is 10.3 Å². The number of carbonyl (C=O) groups excluding carboxylic acids is 1. The van der Waals surface area contributed by atoms with Gasteiger partial charge < -0.3 is 14.6 Å². The number of hydrogen-bond donors (Lipinski definition) is 1. The predicted molar refractivity (Wildman–Crippen MR) is 118 cm³/mol. The molecule has 3 aromatic rings. The summed E-state index contributed by atoms with van der Waals surface area (Å²) in [7, 11) is 6.23. The highest BCUT2D eigenvalue weighted by atomic mass is 16.5. The van der Waals surface area contributed by atoms with Gasteiger partial charge in [-0.25, -0.2) is 9.78 Å². The lowest BCUT2D eigenvalue weighted by Gasteiger charge is -2.29. The molecule has 4 rings (SSSR count). The van der Waals surface area contributed by atoms with Crippen LogP contribution in [0.3, 0.4) is 0 Å². The molecule has 1 aromatic carbocycles. The number of esters is 1. The molecule has 166 valence electrons. The molecule has 1 aliphatic heterocycles. The number of rotatable bonds is 3. The first-order valence-corrected chi connectivity index (χ1v) is 10.3. The summed E-state index contributed by atoms with van der Waals surface area (Å²) in [5.41, 5.74) is 1.22. The number of carbonyl (C=O) groups is 1. The van der Waals surface area contributed by atoms with Crippen molar-refractivity contribution in [3.63, 3.8) is 0 Å². The zero-order valence-corrected chi connectivity index (χ0v) is 18.4. The fourth-order valence-electron chi connectivity index (χ4n) is 3.95. The first kappa shape index (κ1) is 22.5. The number of nitrogens with zero attached hydrogens (tertiary/aromatic N) is 4. The Labute approximate surface area is 180 Å². The van der Waals surface area contributed by atoms with Gasteiger partial charge in [-0.1, -0.05) is 36.8 Å². The second-order valence-corrected chi connectivity index (χ2v) is 7.70. The minimum Gasteiger partial charge on any atom is -0.469 e. The van der Waals surface area contributed by atoms with Crippen LogP contribution in [-0.4, -0.2) is 44.4 Å². The van der Waals surface area contributed by atoms with Crippen LogP contribution in [0.1, 0.15) is 30.7 Å². The van der Waals surface area contributed by atoms with Gasteiger partial charge in [-0.15, -0.1) is 0 Å². The molecule has 2 atom stereocenters. The molecule has 31 heavy (non-hydrogen) atoms. The van der Waals surface area contributed by atoms with Crippen molar-refractivity contribution in [3.05, 3.63) is 63.1 Å². The van der Waals surface area contributed by atoms with Gasteiger partial charge in [0.1, 0.15) is 0 Å². The van der Waals surface area contributed by atoms with Crippen LogP contribution in [0.4, 0.5) is 0 Å². The van der Waals surface area contributed by atoms with Crippen molar-refractivity contribution < 1.29 is 9.53 Å². The minimum absolute atomic E-state index is 0.143. The Kier molecular flexibility index (Phi) is 7.06. The van der Waals surface area contributed by atoms with E-state index in [0.29, 0.717) is 11.2 Å². The molecule has 1 N–H and O–H groups in total. The molecule has 9 nitrogen and oxygen atoms in total. The lowest BCUT2D eigenvalue weighted by atomic mass is 9.86. The quantitative estimate of drug-likeness (QED) is 0.628. The maximum Gasteiger partial charge on any atom is 0.332 e. The van der Waals surface area contributed by atoms with Crippen LogP contribution >= 0.6 is 0 Å². The monoisotopic (exact) mass is 427 g/mol. The van der Waals surface area contributed by atoms with E-state index in [-0.39, 0.29) is 29.2 Å². The number of fused-ring (bicyclic) bond motifs is 1. The smallest absolute Gasteiger partial charge is 0.332 e. The van der Waals surface area contributed by atoms with Crippen molar-refractivity contribution in [1.29, 1.82) is 0 Å². The molecule has 2 aromatic heterocycles. The molecule has 3 heterocycles. The molecule has 1 saturated heterocycles. The van der Waals surface area contributed by atoms with Gasteiger partial charge in [0.15, 0.2) is 11.2 Å². The molecule has 1 fully saturated rings. The van der Waals surface area contributed by atoms with Gasteiger partial charge in [0.2, 0.25) is 0 Å². The van der Waals surface area contributed by atoms with E-state index in [1.54, 1.807) is 18.7 Å². The number of methoxy groups -OCH3 is 1. The molecule has 0 amide bonds. The molecule has 9 heteroatoms. The summed E-state index contributed by atoms with van der Waals surface area (Å²) in [4.78, 5) is 39.1. The maximum absolute atomic E-state index is 11.9. The van der Waals surface area contributed by atoms with Crippen LogP contribution in [0.25, 0.3) is 11.2 Å². The van der Waals surface area contributed by atoms with E-state index in [0.717, 1.165) is 23.1 Å². The lowest BCUT2D eigenvalue weighted by molar-refractivity contribution is -0.143. The lowest BCUT2D eigenvalue weighted by Crippen LogP contribution is -2.42. The molecule has 0 saturated carbocycles. The van der Waals surface area contributed by atoms with Crippen molar-refractivity contribution in [3.8, 4) is 0 Å². The van der Waals surface area contributed by atoms with Crippen molar-refractivity contribution in [2.45, 2.75) is 31.2 Å². The fourth-order valence-corrected chi connectivity index (χ4v) is 3.95. The Hall–Kier alpha value is -3.20. The van der Waals surface area contributed by atoms with Crippen LogP contribution in [-0.2, 0) is 30.7 Å². The van der Waals surface area contributed by atoms with Crippen LogP contribution in [0.15, 0.2) is 46.2 Å². The van der Waals surface area contributed by atoms with Crippen LogP contribution < -0.4 is 16.6 Å². The van der Waals surface area contributed by atoms with Gasteiger partial charge in [0.25, 0.3) is 5.56 Å². The fraction of sp³-hybridized carbons (Fsp3) is 0.455. The topological polar surface area (TPSA) is 100 Å². The Balaban J connectivity index is 0.000000179. The molecule has 1 aliphatic rings. The van der Waals surface area contributed by atoms with Gasteiger partial charge in [0.05, 0.1) is 19.4 Å². The SMILES string of the molecule is COC(=O)[C@H](c1ccccc1)[C@H]1CCCCN1.Cn1c(=O)c2c(ncn2C)n(C)c1=O. The highest BCUT2D eigenvalue weighted by Gasteiger charge is 2.31. The molecule has 0 spiro atoms. The number of aryl methyl sites for hydroxylation is 2. The molecular formula is C22H29N5O4. The number of ether oxygens (including phenoxy) is 1. The third kappa shape index (κ3) is 4.61. The standard InChI is InChI=1S/C14H19NO2.C8H10N4O2/c1-17-14(16)13(11-7-3-2-4-8-11)12-9-5-6-10-15-12;1-10-4-9-6-5(10)7(13)12(3)8(14)11(6)2/h2-4,7-8,12-13,15H,5-6,9-10H2,1H3;4H,1-3H3/t12-,13-;/m1./s1. The van der Waals surface area contributed by atoms with E-state index in [4.69, 9.17) is 4.74 Å². The zero-order chi connectivity index (χ0) is 22.5. The van der Waals surface area contributed by atoms with E-state index >= 15 is 0 Å². The number of piperidine rings is 1. The Morgan fingerprint density at radius 2 is 1.84 bits per heavy atom. The van der Waals surface area contributed by atoms with Crippen molar-refractivity contribution >= 4 is 17.1 Å². The molecular weight excluding hydrogens is 398 g/mol. The van der Waals surface area contributed by atoms with Crippen LogP contribution in [0.5, 0.6) is 0 Å². The first-order valence-electron chi connectivity index (χ1n) is 10.3. The summed E-state index contributed by atoms with van der Waals surface area (Å²) in [6.07, 6.45) is 4.93. The molecule has 0 radical (unpaired) electrons. The van der Waals surface area contributed by atoms with E-state index in [1.807, 2.05) is 30.3 Å². The summed E-state index contributed by atoms with van der Waals surface area (Å²) in [5.74, 6) is -0.322. The van der Waals surface area contributed by atoms with E-state index in [9.17, 15) is 14.4 Å². The second kappa shape index (κ2) is 9.74. The normalized spacial score (nSPS) is 17.0. The van der Waals surface area contributed by atoms with Gasteiger partial charge >= 0.3 is 11.7 Å². The van der Waals surface area contributed by atoms with Gasteiger partial charge in [-0.2, -0.15) is 0 Å². The van der Waals surface area contributed by atoms with Crippen molar-refractivity contribution in [2.24, 2.45) is 21.1 Å². The van der Waals surface area contributed by atoms with Crippen molar-refractivity contribution in [2.75, 3.05) is 13.7 Å². The highest BCUT2D eigenvalue weighted by molar-refractivity contribution is 5.79. The Morgan fingerprint density at radius 1 is 1.13 bits per heavy atom. The van der Waals surface area contributed by atoms with Crippen molar-refractivity contribution in [1.82, 2.24) is 24.0 Å². The summed E-state index contributed by atoms with van der Waals surface area (Å²) >= 11 is 0. The van der Waals surface area contributed by atoms with Crippen LogP contribution in [0.2, 0.25) is 0 Å². The van der Waals surface area contributed by atoms with Gasteiger partial charge in [-0.05, 0) is 24.9 Å². The Bertz CT molecular complexity index is 1160. The average molecular weight is 428 g/mol. The maximum atomic E-state index is 11.9. The van der Waals surface area contributed by atoms with Gasteiger partial charge in [-0.3, -0.25) is 18.7 Å². The summed E-state index contributed by atoms with van der Waals surface area (Å²) in [5, 5.41) is 3.43. The number of imidazole rings is 1. The number of benzene rings is 1. The van der Waals surface area contributed by atoms with Crippen LogP contribution in [0, 0.1) is 0 Å².